The van der Waals surface area contributed by atoms with Gasteiger partial charge in [-0.25, -0.2) is 4.39 Å². The maximum atomic E-state index is 13.1. The van der Waals surface area contributed by atoms with Crippen LogP contribution in [0.25, 0.3) is 0 Å². The second kappa shape index (κ2) is 4.92. The Balaban J connectivity index is 0.00000144. The maximum absolute atomic E-state index is 13.1. The predicted octanol–water partition coefficient (Wildman–Crippen LogP) is 2.90. The highest BCUT2D eigenvalue weighted by Gasteiger charge is 2.39. The van der Waals surface area contributed by atoms with Gasteiger partial charge in [0, 0.05) is 12.0 Å². The fourth-order valence-corrected chi connectivity index (χ4v) is 2.26. The molecule has 2 nitrogen and oxygen atoms in total. The van der Waals surface area contributed by atoms with Crippen LogP contribution >= 0.6 is 12.4 Å². The SMILES string of the molecule is CC1(C)COC(C)(Cc2cccc(F)c2)N1.Cl. The molecule has 17 heavy (non-hydrogen) atoms. The van der Waals surface area contributed by atoms with Crippen LogP contribution in [0.2, 0.25) is 0 Å². The molecule has 0 amide bonds. The zero-order chi connectivity index (χ0) is 11.8. The minimum Gasteiger partial charge on any atom is -0.359 e. The van der Waals surface area contributed by atoms with Gasteiger partial charge >= 0.3 is 0 Å². The summed E-state index contributed by atoms with van der Waals surface area (Å²) in [6, 6.07) is 6.67. The second-order valence-corrected chi connectivity index (χ2v) is 5.34. The third-order valence-corrected chi connectivity index (χ3v) is 2.78. The largest absolute Gasteiger partial charge is 0.359 e. The molecule has 1 heterocycles. The molecule has 2 rings (SSSR count). The summed E-state index contributed by atoms with van der Waals surface area (Å²) in [7, 11) is 0. The first-order valence-electron chi connectivity index (χ1n) is 5.56. The van der Waals surface area contributed by atoms with E-state index in [-0.39, 0.29) is 23.8 Å². The molecular weight excluding hydrogens is 241 g/mol. The molecule has 1 fully saturated rings. The van der Waals surface area contributed by atoms with Gasteiger partial charge in [0.05, 0.1) is 6.61 Å². The highest BCUT2D eigenvalue weighted by molar-refractivity contribution is 5.85. The Morgan fingerprint density at radius 2 is 2.06 bits per heavy atom. The van der Waals surface area contributed by atoms with Crippen molar-refractivity contribution in [2.45, 2.75) is 38.5 Å². The van der Waals surface area contributed by atoms with E-state index in [0.717, 1.165) is 5.56 Å². The molecule has 0 saturated carbocycles. The molecule has 1 saturated heterocycles. The molecule has 0 aliphatic carbocycles. The Kier molecular flexibility index (Phi) is 4.18. The van der Waals surface area contributed by atoms with Gasteiger partial charge in [0.25, 0.3) is 0 Å². The molecule has 1 unspecified atom stereocenters. The van der Waals surface area contributed by atoms with Gasteiger partial charge in [-0.3, -0.25) is 5.32 Å². The molecule has 4 heteroatoms. The summed E-state index contributed by atoms with van der Waals surface area (Å²) < 4.78 is 18.8. The van der Waals surface area contributed by atoms with Crippen LogP contribution in [0.1, 0.15) is 26.3 Å². The average molecular weight is 260 g/mol. The molecule has 0 spiro atoms. The van der Waals surface area contributed by atoms with Gasteiger partial charge in [0.15, 0.2) is 0 Å². The smallest absolute Gasteiger partial charge is 0.123 e. The first-order valence-corrected chi connectivity index (χ1v) is 5.56. The van der Waals surface area contributed by atoms with Crippen LogP contribution in [0.5, 0.6) is 0 Å². The van der Waals surface area contributed by atoms with Crippen LogP contribution in [-0.4, -0.2) is 17.9 Å². The average Bonchev–Trinajstić information content (AvgIpc) is 2.40. The molecule has 0 aromatic heterocycles. The van der Waals surface area contributed by atoms with E-state index < -0.39 is 5.72 Å². The van der Waals surface area contributed by atoms with Crippen molar-refractivity contribution in [1.82, 2.24) is 5.32 Å². The van der Waals surface area contributed by atoms with E-state index in [2.05, 4.69) is 19.2 Å². The summed E-state index contributed by atoms with van der Waals surface area (Å²) in [4.78, 5) is 0. The number of nitrogens with one attached hydrogen (secondary N) is 1. The number of rotatable bonds is 2. The van der Waals surface area contributed by atoms with E-state index in [9.17, 15) is 4.39 Å². The lowest BCUT2D eigenvalue weighted by molar-refractivity contribution is 0.00666. The van der Waals surface area contributed by atoms with Crippen LogP contribution in [0.3, 0.4) is 0 Å². The summed E-state index contributed by atoms with van der Waals surface area (Å²) >= 11 is 0. The zero-order valence-electron chi connectivity index (χ0n) is 10.4. The molecule has 1 aromatic carbocycles. The summed E-state index contributed by atoms with van der Waals surface area (Å²) in [5.41, 5.74) is 0.548. The normalized spacial score (nSPS) is 26.6. The molecule has 1 N–H and O–H groups in total. The van der Waals surface area contributed by atoms with Crippen molar-refractivity contribution in [3.63, 3.8) is 0 Å². The Bertz CT molecular complexity index is 397. The number of ether oxygens (including phenoxy) is 1. The fraction of sp³-hybridized carbons (Fsp3) is 0.538. The Morgan fingerprint density at radius 1 is 1.35 bits per heavy atom. The van der Waals surface area contributed by atoms with Gasteiger partial charge in [0.1, 0.15) is 11.5 Å². The minimum atomic E-state index is -0.392. The Morgan fingerprint density at radius 3 is 2.59 bits per heavy atom. The third-order valence-electron chi connectivity index (χ3n) is 2.78. The van der Waals surface area contributed by atoms with Gasteiger partial charge in [-0.2, -0.15) is 0 Å². The van der Waals surface area contributed by atoms with E-state index in [1.165, 1.54) is 6.07 Å². The van der Waals surface area contributed by atoms with Crippen LogP contribution in [0.15, 0.2) is 24.3 Å². The van der Waals surface area contributed by atoms with E-state index in [4.69, 9.17) is 4.74 Å². The van der Waals surface area contributed by atoms with E-state index in [1.807, 2.05) is 13.0 Å². The molecule has 1 aromatic rings. The van der Waals surface area contributed by atoms with Crippen LogP contribution < -0.4 is 5.32 Å². The van der Waals surface area contributed by atoms with Crippen molar-refractivity contribution in [2.75, 3.05) is 6.61 Å². The zero-order valence-corrected chi connectivity index (χ0v) is 11.2. The Hall–Kier alpha value is -0.640. The van der Waals surface area contributed by atoms with Crippen molar-refractivity contribution >= 4 is 12.4 Å². The van der Waals surface area contributed by atoms with Gasteiger partial charge in [-0.1, -0.05) is 12.1 Å². The fourth-order valence-electron chi connectivity index (χ4n) is 2.26. The Labute approximate surface area is 108 Å². The van der Waals surface area contributed by atoms with Crippen LogP contribution in [0, 0.1) is 5.82 Å². The summed E-state index contributed by atoms with van der Waals surface area (Å²) in [5.74, 6) is -0.196. The molecule has 0 radical (unpaired) electrons. The maximum Gasteiger partial charge on any atom is 0.123 e. The van der Waals surface area contributed by atoms with Crippen molar-refractivity contribution < 1.29 is 9.13 Å². The van der Waals surface area contributed by atoms with E-state index in [0.29, 0.717) is 13.0 Å². The van der Waals surface area contributed by atoms with E-state index >= 15 is 0 Å². The summed E-state index contributed by atoms with van der Waals surface area (Å²) in [6.45, 7) is 6.89. The molecule has 0 bridgehead atoms. The summed E-state index contributed by atoms with van der Waals surface area (Å²) in [6.07, 6.45) is 0.675. The van der Waals surface area contributed by atoms with Crippen molar-refractivity contribution in [3.8, 4) is 0 Å². The standard InChI is InChI=1S/C13H18FNO.ClH/c1-12(2)9-16-13(3,15-12)8-10-5-4-6-11(14)7-10;/h4-7,15H,8-9H2,1-3H3;1H. The van der Waals surface area contributed by atoms with Crippen molar-refractivity contribution in [1.29, 1.82) is 0 Å². The van der Waals surface area contributed by atoms with Gasteiger partial charge < -0.3 is 4.74 Å². The molecular formula is C13H19ClFNO. The highest BCUT2D eigenvalue weighted by Crippen LogP contribution is 2.26. The molecule has 1 aliphatic rings. The van der Waals surface area contributed by atoms with Crippen LogP contribution in [0.4, 0.5) is 4.39 Å². The number of benzene rings is 1. The van der Waals surface area contributed by atoms with Crippen LogP contribution in [-0.2, 0) is 11.2 Å². The molecule has 1 atom stereocenters. The van der Waals surface area contributed by atoms with Gasteiger partial charge in [-0.05, 0) is 38.5 Å². The van der Waals surface area contributed by atoms with Crippen molar-refractivity contribution in [3.05, 3.63) is 35.6 Å². The quantitative estimate of drug-likeness (QED) is 0.882. The highest BCUT2D eigenvalue weighted by atomic mass is 35.5. The lowest BCUT2D eigenvalue weighted by atomic mass is 10.0. The molecule has 1 aliphatic heterocycles. The lowest BCUT2D eigenvalue weighted by Crippen LogP contribution is -2.47. The van der Waals surface area contributed by atoms with Gasteiger partial charge in [-0.15, -0.1) is 12.4 Å². The first kappa shape index (κ1) is 14.4. The van der Waals surface area contributed by atoms with Gasteiger partial charge in [0.2, 0.25) is 0 Å². The summed E-state index contributed by atoms with van der Waals surface area (Å²) in [5, 5.41) is 3.43. The topological polar surface area (TPSA) is 21.3 Å². The van der Waals surface area contributed by atoms with Crippen molar-refractivity contribution in [2.24, 2.45) is 0 Å². The molecule has 96 valence electrons. The number of halogens is 2. The second-order valence-electron chi connectivity index (χ2n) is 5.34. The van der Waals surface area contributed by atoms with E-state index in [1.54, 1.807) is 12.1 Å². The first-order chi connectivity index (χ1) is 7.39. The number of hydrogen-bond donors (Lipinski definition) is 1. The predicted molar refractivity (Wildman–Crippen MR) is 68.9 cm³/mol. The minimum absolute atomic E-state index is 0. The monoisotopic (exact) mass is 259 g/mol. The lowest BCUT2D eigenvalue weighted by Gasteiger charge is -2.26. The third kappa shape index (κ3) is 3.66. The number of hydrogen-bond acceptors (Lipinski definition) is 2.